The summed E-state index contributed by atoms with van der Waals surface area (Å²) < 4.78 is 19.4. The SMILES string of the molecule is CCOC(=O)C1=C(C)N=c2s/c(=C\c3ccc(N4CCOCC4)cc3)c(=O)n2[C@@H]1c1cc(Br)ccc1OC. The van der Waals surface area contributed by atoms with Gasteiger partial charge in [0, 0.05) is 28.8 Å². The summed E-state index contributed by atoms with van der Waals surface area (Å²) in [4.78, 5) is 34.5. The van der Waals surface area contributed by atoms with Crippen molar-refractivity contribution in [1.82, 2.24) is 4.57 Å². The van der Waals surface area contributed by atoms with Crippen molar-refractivity contribution in [3.63, 3.8) is 0 Å². The molecule has 0 N–H and O–H groups in total. The molecule has 1 aromatic heterocycles. The first-order chi connectivity index (χ1) is 18.4. The van der Waals surface area contributed by atoms with E-state index in [1.54, 1.807) is 25.5 Å². The molecule has 5 rings (SSSR count). The highest BCUT2D eigenvalue weighted by molar-refractivity contribution is 9.10. The van der Waals surface area contributed by atoms with Crippen molar-refractivity contribution in [2.75, 3.05) is 44.9 Å². The van der Waals surface area contributed by atoms with E-state index in [4.69, 9.17) is 14.2 Å². The highest BCUT2D eigenvalue weighted by Crippen LogP contribution is 2.37. The zero-order valence-corrected chi connectivity index (χ0v) is 23.8. The van der Waals surface area contributed by atoms with Crippen molar-refractivity contribution >= 4 is 45.0 Å². The maximum Gasteiger partial charge on any atom is 0.338 e. The number of fused-ring (bicyclic) bond motifs is 1. The lowest BCUT2D eigenvalue weighted by Gasteiger charge is -2.28. The third-order valence-corrected chi connectivity index (χ3v) is 8.05. The minimum Gasteiger partial charge on any atom is -0.496 e. The Bertz CT molecular complexity index is 1570. The maximum absolute atomic E-state index is 13.9. The van der Waals surface area contributed by atoms with Crippen molar-refractivity contribution in [2.24, 2.45) is 4.99 Å². The fourth-order valence-electron chi connectivity index (χ4n) is 4.76. The average Bonchev–Trinajstić information content (AvgIpc) is 3.23. The first kappa shape index (κ1) is 26.4. The van der Waals surface area contributed by atoms with Gasteiger partial charge in [-0.15, -0.1) is 0 Å². The number of methoxy groups -OCH3 is 1. The Hall–Kier alpha value is -3.21. The lowest BCUT2D eigenvalue weighted by atomic mass is 9.95. The molecule has 38 heavy (non-hydrogen) atoms. The van der Waals surface area contributed by atoms with Gasteiger partial charge in [0.1, 0.15) is 11.8 Å². The molecule has 2 aliphatic rings. The number of thiazole rings is 1. The molecule has 10 heteroatoms. The van der Waals surface area contributed by atoms with Gasteiger partial charge in [0.2, 0.25) is 0 Å². The van der Waals surface area contributed by atoms with E-state index in [0.29, 0.717) is 31.9 Å². The topological polar surface area (TPSA) is 82.4 Å². The predicted molar refractivity (Wildman–Crippen MR) is 151 cm³/mol. The van der Waals surface area contributed by atoms with Crippen LogP contribution in [0, 0.1) is 0 Å². The number of rotatable bonds is 6. The molecule has 1 atom stereocenters. The molecule has 3 heterocycles. The van der Waals surface area contributed by atoms with Crippen LogP contribution in [-0.2, 0) is 14.3 Å². The molecule has 1 fully saturated rings. The number of aromatic nitrogens is 1. The number of hydrogen-bond donors (Lipinski definition) is 0. The fraction of sp³-hybridized carbons (Fsp3) is 0.321. The average molecular weight is 599 g/mol. The Labute approximate surface area is 232 Å². The van der Waals surface area contributed by atoms with Gasteiger partial charge in [-0.2, -0.15) is 0 Å². The summed E-state index contributed by atoms with van der Waals surface area (Å²) in [6, 6.07) is 12.9. The third-order valence-electron chi connectivity index (χ3n) is 6.57. The molecule has 1 saturated heterocycles. The summed E-state index contributed by atoms with van der Waals surface area (Å²) in [6.45, 7) is 6.90. The summed E-state index contributed by atoms with van der Waals surface area (Å²) in [5, 5.41) is 0. The second kappa shape index (κ2) is 11.3. The van der Waals surface area contributed by atoms with Crippen LogP contribution in [0.5, 0.6) is 5.75 Å². The van der Waals surface area contributed by atoms with Crippen molar-refractivity contribution in [3.05, 3.63) is 89.0 Å². The molecule has 8 nitrogen and oxygen atoms in total. The minimum absolute atomic E-state index is 0.211. The summed E-state index contributed by atoms with van der Waals surface area (Å²) in [5.41, 5.74) is 3.30. The van der Waals surface area contributed by atoms with E-state index < -0.39 is 12.0 Å². The largest absolute Gasteiger partial charge is 0.496 e. The van der Waals surface area contributed by atoms with E-state index >= 15 is 0 Å². The monoisotopic (exact) mass is 597 g/mol. The number of morpholine rings is 1. The third kappa shape index (κ3) is 5.08. The number of carbonyl (C=O) groups is 1. The lowest BCUT2D eigenvalue weighted by Crippen LogP contribution is -2.40. The van der Waals surface area contributed by atoms with Crippen LogP contribution < -0.4 is 24.5 Å². The summed E-state index contributed by atoms with van der Waals surface area (Å²) in [6.07, 6.45) is 1.87. The smallest absolute Gasteiger partial charge is 0.338 e. The molecule has 198 valence electrons. The zero-order valence-electron chi connectivity index (χ0n) is 21.4. The van der Waals surface area contributed by atoms with Gasteiger partial charge in [0.05, 0.1) is 42.7 Å². The Morgan fingerprint density at radius 1 is 1.21 bits per heavy atom. The van der Waals surface area contributed by atoms with E-state index in [2.05, 4.69) is 38.0 Å². The van der Waals surface area contributed by atoms with Gasteiger partial charge < -0.3 is 19.1 Å². The van der Waals surface area contributed by atoms with Crippen LogP contribution in [0.1, 0.15) is 31.0 Å². The fourth-order valence-corrected chi connectivity index (χ4v) is 6.18. The Morgan fingerprint density at radius 2 is 1.95 bits per heavy atom. The van der Waals surface area contributed by atoms with Crippen molar-refractivity contribution < 1.29 is 19.0 Å². The molecule has 2 aromatic carbocycles. The molecule has 0 radical (unpaired) electrons. The summed E-state index contributed by atoms with van der Waals surface area (Å²) in [7, 11) is 1.57. The number of esters is 1. The molecule has 3 aromatic rings. The normalized spacial score (nSPS) is 17.7. The zero-order chi connectivity index (χ0) is 26.8. The molecule has 0 aliphatic carbocycles. The van der Waals surface area contributed by atoms with Crippen molar-refractivity contribution in [3.8, 4) is 5.75 Å². The van der Waals surface area contributed by atoms with Gasteiger partial charge in [-0.05, 0) is 55.8 Å². The molecular formula is C28H28BrN3O5S. The van der Waals surface area contributed by atoms with E-state index in [0.717, 1.165) is 42.0 Å². The van der Waals surface area contributed by atoms with Crippen molar-refractivity contribution in [2.45, 2.75) is 19.9 Å². The number of allylic oxidation sites excluding steroid dienone is 1. The van der Waals surface area contributed by atoms with Crippen LogP contribution in [0.3, 0.4) is 0 Å². The van der Waals surface area contributed by atoms with Crippen LogP contribution in [0.4, 0.5) is 5.69 Å². The minimum atomic E-state index is -0.747. The highest BCUT2D eigenvalue weighted by Gasteiger charge is 2.35. The van der Waals surface area contributed by atoms with Gasteiger partial charge in [0.25, 0.3) is 5.56 Å². The second-order valence-electron chi connectivity index (χ2n) is 8.88. The molecule has 2 aliphatic heterocycles. The molecular weight excluding hydrogens is 570 g/mol. The van der Waals surface area contributed by atoms with E-state index in [9.17, 15) is 9.59 Å². The highest BCUT2D eigenvalue weighted by atomic mass is 79.9. The quantitative estimate of drug-likeness (QED) is 0.405. The number of anilines is 1. The Balaban J connectivity index is 1.63. The summed E-state index contributed by atoms with van der Waals surface area (Å²) >= 11 is 4.82. The van der Waals surface area contributed by atoms with Crippen LogP contribution in [0.2, 0.25) is 0 Å². The number of nitrogens with zero attached hydrogens (tertiary/aromatic N) is 3. The van der Waals surface area contributed by atoms with E-state index in [1.807, 2.05) is 36.4 Å². The van der Waals surface area contributed by atoms with Gasteiger partial charge in [-0.25, -0.2) is 9.79 Å². The number of benzene rings is 2. The van der Waals surface area contributed by atoms with Gasteiger partial charge in [-0.1, -0.05) is 39.4 Å². The van der Waals surface area contributed by atoms with Gasteiger partial charge >= 0.3 is 5.97 Å². The van der Waals surface area contributed by atoms with Gasteiger partial charge in [-0.3, -0.25) is 9.36 Å². The van der Waals surface area contributed by atoms with Crippen LogP contribution >= 0.6 is 27.3 Å². The number of hydrogen-bond acceptors (Lipinski definition) is 8. The van der Waals surface area contributed by atoms with E-state index in [1.165, 1.54) is 11.3 Å². The maximum atomic E-state index is 13.9. The first-order valence-corrected chi connectivity index (χ1v) is 14.0. The van der Waals surface area contributed by atoms with Crippen LogP contribution in [0.15, 0.2) is 68.0 Å². The standard InChI is InChI=1S/C28H28BrN3O5S/c1-4-37-27(34)24-17(2)30-28-32(25(24)21-16-19(29)7-10-22(21)35-3)26(33)23(38-28)15-18-5-8-20(9-6-18)31-11-13-36-14-12-31/h5-10,15-16,25H,4,11-14H2,1-3H3/b23-15-/t25-/m1/s1. The van der Waals surface area contributed by atoms with Gasteiger partial charge in [0.15, 0.2) is 4.80 Å². The van der Waals surface area contributed by atoms with E-state index in [-0.39, 0.29) is 12.2 Å². The second-order valence-corrected chi connectivity index (χ2v) is 10.8. The molecule has 0 amide bonds. The molecule has 0 spiro atoms. The predicted octanol–water partition coefficient (Wildman–Crippen LogP) is 3.41. The van der Waals surface area contributed by atoms with Crippen molar-refractivity contribution in [1.29, 1.82) is 0 Å². The Morgan fingerprint density at radius 3 is 2.63 bits per heavy atom. The van der Waals surface area contributed by atoms with Crippen LogP contribution in [0.25, 0.3) is 6.08 Å². The molecule has 0 bridgehead atoms. The molecule has 0 unspecified atom stereocenters. The number of ether oxygens (including phenoxy) is 3. The first-order valence-electron chi connectivity index (χ1n) is 12.4. The lowest BCUT2D eigenvalue weighted by molar-refractivity contribution is -0.139. The Kier molecular flexibility index (Phi) is 7.83. The summed E-state index contributed by atoms with van der Waals surface area (Å²) in [5.74, 6) is 0.0525. The number of carbonyl (C=O) groups excluding carboxylic acids is 1. The molecule has 0 saturated carbocycles. The van der Waals surface area contributed by atoms with Crippen LogP contribution in [-0.4, -0.2) is 50.6 Å². The number of halogens is 1.